The van der Waals surface area contributed by atoms with Crippen molar-refractivity contribution in [3.63, 3.8) is 0 Å². The van der Waals surface area contributed by atoms with Crippen molar-refractivity contribution in [2.75, 3.05) is 12.4 Å². The molecule has 14 heavy (non-hydrogen) atoms. The van der Waals surface area contributed by atoms with E-state index < -0.39 is 6.09 Å². The van der Waals surface area contributed by atoms with Gasteiger partial charge >= 0.3 is 6.09 Å². The molecule has 0 aliphatic heterocycles. The van der Waals surface area contributed by atoms with Gasteiger partial charge in [-0.1, -0.05) is 17.4 Å². The summed E-state index contributed by atoms with van der Waals surface area (Å²) >= 11 is 1.39. The van der Waals surface area contributed by atoms with Crippen molar-refractivity contribution in [2.24, 2.45) is 0 Å². The van der Waals surface area contributed by atoms with Crippen LogP contribution in [-0.4, -0.2) is 18.2 Å². The lowest BCUT2D eigenvalue weighted by molar-refractivity contribution is 0.187. The molecule has 0 aliphatic rings. The van der Waals surface area contributed by atoms with Gasteiger partial charge in [-0.25, -0.2) is 9.78 Å². The van der Waals surface area contributed by atoms with E-state index in [2.05, 4.69) is 21.1 Å². The van der Waals surface area contributed by atoms with Crippen molar-refractivity contribution in [2.45, 2.75) is 0 Å². The number of carbonyl (C=O) groups excluding carboxylic acids is 1. The first-order valence-corrected chi connectivity index (χ1v) is 4.73. The quantitative estimate of drug-likeness (QED) is 0.780. The fraction of sp³-hybridized carbons (Fsp3) is 0.111. The van der Waals surface area contributed by atoms with Crippen LogP contribution < -0.4 is 5.32 Å². The number of fused-ring (bicyclic) bond motifs is 1. The summed E-state index contributed by atoms with van der Waals surface area (Å²) in [6.45, 7) is 0. The molecule has 0 atom stereocenters. The third-order valence-electron chi connectivity index (χ3n) is 1.63. The molecule has 1 radical (unpaired) electrons. The van der Waals surface area contributed by atoms with Crippen LogP contribution in [0.4, 0.5) is 9.93 Å². The molecule has 1 aromatic carbocycles. The molecule has 0 unspecified atom stereocenters. The largest absolute Gasteiger partial charge is 0.453 e. The van der Waals surface area contributed by atoms with Gasteiger partial charge < -0.3 is 4.74 Å². The predicted molar refractivity (Wildman–Crippen MR) is 54.5 cm³/mol. The van der Waals surface area contributed by atoms with Gasteiger partial charge in [-0.05, 0) is 18.2 Å². The standard InChI is InChI=1S/C9H7N2O2S/c1-13-9(12)11-8-10-6-4-2-3-5-7(6)14-8/h2,4-5H,1H3,(H,10,11,12). The lowest BCUT2D eigenvalue weighted by Gasteiger charge is -1.96. The number of thiazole rings is 1. The van der Waals surface area contributed by atoms with Gasteiger partial charge in [0.15, 0.2) is 5.13 Å². The molecule has 1 N–H and O–H groups in total. The Morgan fingerprint density at radius 3 is 3.29 bits per heavy atom. The first-order chi connectivity index (χ1) is 6.79. The van der Waals surface area contributed by atoms with E-state index >= 15 is 0 Å². The van der Waals surface area contributed by atoms with Crippen LogP contribution in [0.25, 0.3) is 10.2 Å². The molecule has 2 aromatic rings. The molecule has 0 bridgehead atoms. The summed E-state index contributed by atoms with van der Waals surface area (Å²) in [5, 5.41) is 3.05. The van der Waals surface area contributed by atoms with E-state index in [1.54, 1.807) is 6.07 Å². The molecule has 0 saturated heterocycles. The summed E-state index contributed by atoms with van der Waals surface area (Å²) in [5.41, 5.74) is 0.847. The van der Waals surface area contributed by atoms with Crippen molar-refractivity contribution >= 4 is 32.8 Å². The molecule has 0 aliphatic carbocycles. The maximum absolute atomic E-state index is 10.9. The van der Waals surface area contributed by atoms with Crippen LogP contribution in [0.3, 0.4) is 0 Å². The fourth-order valence-corrected chi connectivity index (χ4v) is 1.84. The van der Waals surface area contributed by atoms with Crippen molar-refractivity contribution in [3.8, 4) is 0 Å². The summed E-state index contributed by atoms with van der Waals surface area (Å²) in [7, 11) is 1.32. The van der Waals surface area contributed by atoms with Gasteiger partial charge in [0.05, 0.1) is 17.3 Å². The number of hydrogen-bond donors (Lipinski definition) is 1. The van der Waals surface area contributed by atoms with Gasteiger partial charge in [0.2, 0.25) is 0 Å². The Balaban J connectivity index is 2.31. The Labute approximate surface area is 84.5 Å². The zero-order chi connectivity index (χ0) is 9.97. The molecule has 71 valence electrons. The maximum Gasteiger partial charge on any atom is 0.413 e. The number of benzene rings is 1. The highest BCUT2D eigenvalue weighted by molar-refractivity contribution is 7.22. The Hall–Kier alpha value is -1.62. The minimum atomic E-state index is -0.506. The van der Waals surface area contributed by atoms with Gasteiger partial charge in [0.1, 0.15) is 0 Å². The average molecular weight is 207 g/mol. The van der Waals surface area contributed by atoms with Gasteiger partial charge in [-0.3, -0.25) is 5.32 Å². The van der Waals surface area contributed by atoms with E-state index in [1.807, 2.05) is 12.1 Å². The molecule has 1 amide bonds. The lowest BCUT2D eigenvalue weighted by atomic mass is 10.3. The Morgan fingerprint density at radius 2 is 2.57 bits per heavy atom. The number of methoxy groups -OCH3 is 1. The summed E-state index contributed by atoms with van der Waals surface area (Å²) in [4.78, 5) is 15.1. The third-order valence-corrected chi connectivity index (χ3v) is 2.56. The average Bonchev–Trinajstić information content (AvgIpc) is 2.59. The highest BCUT2D eigenvalue weighted by Crippen LogP contribution is 2.24. The van der Waals surface area contributed by atoms with E-state index in [1.165, 1.54) is 18.4 Å². The Bertz CT molecular complexity index is 434. The lowest BCUT2D eigenvalue weighted by Crippen LogP contribution is -2.10. The molecule has 0 saturated carbocycles. The molecular formula is C9H7N2O2S. The molecule has 1 heterocycles. The van der Waals surface area contributed by atoms with E-state index in [4.69, 9.17) is 0 Å². The van der Waals surface area contributed by atoms with Crippen LogP contribution in [-0.2, 0) is 4.74 Å². The van der Waals surface area contributed by atoms with Crippen LogP contribution in [0, 0.1) is 6.07 Å². The topological polar surface area (TPSA) is 51.2 Å². The van der Waals surface area contributed by atoms with Crippen LogP contribution in [0.15, 0.2) is 18.2 Å². The van der Waals surface area contributed by atoms with Crippen LogP contribution >= 0.6 is 11.3 Å². The van der Waals surface area contributed by atoms with E-state index in [9.17, 15) is 4.79 Å². The fourth-order valence-electron chi connectivity index (χ4n) is 1.01. The van der Waals surface area contributed by atoms with Gasteiger partial charge in [-0.15, -0.1) is 0 Å². The van der Waals surface area contributed by atoms with Crippen LogP contribution in [0.1, 0.15) is 0 Å². The first-order valence-electron chi connectivity index (χ1n) is 3.91. The molecule has 0 spiro atoms. The van der Waals surface area contributed by atoms with Crippen molar-refractivity contribution < 1.29 is 9.53 Å². The molecule has 5 heteroatoms. The number of nitrogens with zero attached hydrogens (tertiary/aromatic N) is 1. The minimum absolute atomic E-state index is 0.506. The monoisotopic (exact) mass is 207 g/mol. The number of hydrogen-bond acceptors (Lipinski definition) is 4. The number of carbonyl (C=O) groups is 1. The van der Waals surface area contributed by atoms with Crippen molar-refractivity contribution in [1.29, 1.82) is 0 Å². The summed E-state index contributed by atoms with van der Waals surface area (Å²) < 4.78 is 5.44. The number of rotatable bonds is 1. The number of anilines is 1. The third kappa shape index (κ3) is 1.67. The molecule has 0 fully saturated rings. The molecule has 2 rings (SSSR count). The second-order valence-corrected chi connectivity index (χ2v) is 3.56. The zero-order valence-electron chi connectivity index (χ0n) is 7.40. The van der Waals surface area contributed by atoms with Crippen molar-refractivity contribution in [1.82, 2.24) is 4.98 Å². The van der Waals surface area contributed by atoms with Gasteiger partial charge in [0, 0.05) is 0 Å². The molecule has 4 nitrogen and oxygen atoms in total. The summed E-state index contributed by atoms with van der Waals surface area (Å²) in [6, 6.07) is 8.39. The molecule has 1 aromatic heterocycles. The minimum Gasteiger partial charge on any atom is -0.453 e. The number of amides is 1. The zero-order valence-corrected chi connectivity index (χ0v) is 8.22. The van der Waals surface area contributed by atoms with E-state index in [-0.39, 0.29) is 0 Å². The SMILES string of the molecule is COC(=O)Nc1nc2cc[c]cc2s1. The van der Waals surface area contributed by atoms with Crippen LogP contribution in [0.5, 0.6) is 0 Å². The second-order valence-electron chi connectivity index (χ2n) is 2.53. The van der Waals surface area contributed by atoms with Gasteiger partial charge in [-0.2, -0.15) is 0 Å². The number of nitrogens with one attached hydrogen (secondary N) is 1. The Kier molecular flexibility index (Phi) is 2.32. The predicted octanol–water partition coefficient (Wildman–Crippen LogP) is 2.27. The summed E-state index contributed by atoms with van der Waals surface area (Å²) in [5.74, 6) is 0. The first kappa shape index (κ1) is 8.96. The molecular weight excluding hydrogens is 200 g/mol. The van der Waals surface area contributed by atoms with Crippen molar-refractivity contribution in [3.05, 3.63) is 24.3 Å². The van der Waals surface area contributed by atoms with Crippen LogP contribution in [0.2, 0.25) is 0 Å². The Morgan fingerprint density at radius 1 is 1.71 bits per heavy atom. The summed E-state index contributed by atoms with van der Waals surface area (Å²) in [6.07, 6.45) is -0.506. The number of aromatic nitrogens is 1. The smallest absolute Gasteiger partial charge is 0.413 e. The normalized spacial score (nSPS) is 10.1. The highest BCUT2D eigenvalue weighted by atomic mass is 32.1. The number of ether oxygens (including phenoxy) is 1. The van der Waals surface area contributed by atoms with Gasteiger partial charge in [0.25, 0.3) is 0 Å². The van der Waals surface area contributed by atoms with E-state index in [0.717, 1.165) is 10.2 Å². The highest BCUT2D eigenvalue weighted by Gasteiger charge is 2.06. The second kappa shape index (κ2) is 3.63. The van der Waals surface area contributed by atoms with E-state index in [0.29, 0.717) is 5.13 Å². The maximum atomic E-state index is 10.9.